The summed E-state index contributed by atoms with van der Waals surface area (Å²) >= 11 is 0. The van der Waals surface area contributed by atoms with Crippen LogP contribution in [0, 0.1) is 5.41 Å². The Morgan fingerprint density at radius 1 is 1.08 bits per heavy atom. The molecule has 0 unspecified atom stereocenters. The molecule has 0 saturated carbocycles. The van der Waals surface area contributed by atoms with Crippen LogP contribution >= 0.6 is 0 Å². The second-order valence-electron chi connectivity index (χ2n) is 3.31. The molecule has 0 saturated heterocycles. The SMILES string of the molecule is CC(C)(CC(=O)O)CC(=O)O.[CaH2]. The first kappa shape index (κ1) is 14.7. The molecule has 0 amide bonds. The van der Waals surface area contributed by atoms with E-state index in [0.717, 1.165) is 0 Å². The Bertz CT molecular complexity index is 158. The van der Waals surface area contributed by atoms with Crippen LogP contribution in [0.4, 0.5) is 0 Å². The maximum atomic E-state index is 10.2. The van der Waals surface area contributed by atoms with Crippen LogP contribution in [0.3, 0.4) is 0 Å². The first-order valence-corrected chi connectivity index (χ1v) is 3.27. The topological polar surface area (TPSA) is 74.6 Å². The summed E-state index contributed by atoms with van der Waals surface area (Å²) in [4.78, 5) is 20.4. The van der Waals surface area contributed by atoms with Gasteiger partial charge in [-0.15, -0.1) is 0 Å². The summed E-state index contributed by atoms with van der Waals surface area (Å²) in [6.07, 6.45) is -0.224. The van der Waals surface area contributed by atoms with Gasteiger partial charge in [0.2, 0.25) is 0 Å². The van der Waals surface area contributed by atoms with Gasteiger partial charge < -0.3 is 10.2 Å². The van der Waals surface area contributed by atoms with Crippen molar-refractivity contribution in [2.24, 2.45) is 5.41 Å². The number of rotatable bonds is 4. The molecule has 0 bridgehead atoms. The van der Waals surface area contributed by atoms with Crippen molar-refractivity contribution in [3.8, 4) is 0 Å². The summed E-state index contributed by atoms with van der Waals surface area (Å²) in [5, 5.41) is 16.7. The number of carbonyl (C=O) groups is 2. The summed E-state index contributed by atoms with van der Waals surface area (Å²) in [5.74, 6) is -1.92. The predicted molar refractivity (Wildman–Crippen MR) is 46.8 cm³/mol. The first-order chi connectivity index (χ1) is 4.83. The van der Waals surface area contributed by atoms with Gasteiger partial charge in [-0.2, -0.15) is 0 Å². The number of carboxylic acids is 2. The molecule has 0 aromatic heterocycles. The van der Waals surface area contributed by atoms with Crippen molar-refractivity contribution >= 4 is 49.7 Å². The molecule has 0 aromatic carbocycles. The van der Waals surface area contributed by atoms with E-state index >= 15 is 0 Å². The van der Waals surface area contributed by atoms with E-state index in [1.165, 1.54) is 0 Å². The molecule has 5 heteroatoms. The molecule has 0 radical (unpaired) electrons. The van der Waals surface area contributed by atoms with Crippen LogP contribution in [-0.2, 0) is 9.59 Å². The van der Waals surface area contributed by atoms with Crippen LogP contribution in [0.2, 0.25) is 0 Å². The van der Waals surface area contributed by atoms with Crippen molar-refractivity contribution in [3.63, 3.8) is 0 Å². The summed E-state index contributed by atoms with van der Waals surface area (Å²) in [7, 11) is 0. The molecule has 0 atom stereocenters. The average molecular weight is 202 g/mol. The van der Waals surface area contributed by atoms with Crippen LogP contribution in [0.15, 0.2) is 0 Å². The molecule has 2 N–H and O–H groups in total. The van der Waals surface area contributed by atoms with E-state index in [0.29, 0.717) is 0 Å². The van der Waals surface area contributed by atoms with Crippen LogP contribution in [0.25, 0.3) is 0 Å². The summed E-state index contributed by atoms with van der Waals surface area (Å²) < 4.78 is 0. The molecule has 0 aliphatic heterocycles. The van der Waals surface area contributed by atoms with Gasteiger partial charge in [0.15, 0.2) is 0 Å². The van der Waals surface area contributed by atoms with Crippen molar-refractivity contribution in [2.75, 3.05) is 0 Å². The molecule has 68 valence electrons. The van der Waals surface area contributed by atoms with Crippen molar-refractivity contribution in [1.29, 1.82) is 0 Å². The quantitative estimate of drug-likeness (QED) is 0.631. The summed E-state index contributed by atoms with van der Waals surface area (Å²) in [5.41, 5.74) is -0.655. The van der Waals surface area contributed by atoms with Gasteiger partial charge in [-0.3, -0.25) is 9.59 Å². The zero-order valence-corrected chi connectivity index (χ0v) is 6.63. The van der Waals surface area contributed by atoms with Crippen molar-refractivity contribution < 1.29 is 19.8 Å². The fourth-order valence-corrected chi connectivity index (χ4v) is 0.881. The van der Waals surface area contributed by atoms with Gasteiger partial charge in [0.05, 0.1) is 12.8 Å². The number of aliphatic carboxylic acids is 2. The van der Waals surface area contributed by atoms with E-state index in [2.05, 4.69) is 0 Å². The molecule has 0 fully saturated rings. The van der Waals surface area contributed by atoms with Gasteiger partial charge in [-0.25, -0.2) is 0 Å². The Kier molecular flexibility index (Phi) is 7.08. The molecule has 0 rings (SSSR count). The third-order valence-electron chi connectivity index (χ3n) is 1.26. The van der Waals surface area contributed by atoms with E-state index in [1.54, 1.807) is 13.8 Å². The Morgan fingerprint density at radius 2 is 1.33 bits per heavy atom. The number of hydrogen-bond acceptors (Lipinski definition) is 2. The number of hydrogen-bond donors (Lipinski definition) is 2. The number of carboxylic acid groups (broad SMARTS) is 2. The second-order valence-corrected chi connectivity index (χ2v) is 3.31. The zero-order chi connectivity index (χ0) is 9.07. The molecule has 0 aliphatic carbocycles. The van der Waals surface area contributed by atoms with Gasteiger partial charge >= 0.3 is 49.7 Å². The Hall–Kier alpha value is 0.200. The molecule has 0 aromatic rings. The fourth-order valence-electron chi connectivity index (χ4n) is 0.881. The van der Waals surface area contributed by atoms with Gasteiger partial charge in [-0.05, 0) is 5.41 Å². The maximum absolute atomic E-state index is 10.2. The molecule has 0 heterocycles. The third kappa shape index (κ3) is 8.30. The Balaban J connectivity index is 0. The average Bonchev–Trinajstić information content (AvgIpc) is 1.53. The first-order valence-electron chi connectivity index (χ1n) is 3.27. The van der Waals surface area contributed by atoms with Crippen molar-refractivity contribution in [3.05, 3.63) is 0 Å². The van der Waals surface area contributed by atoms with E-state index in [1.807, 2.05) is 0 Å². The second kappa shape index (κ2) is 5.78. The molecular formula is C7H14CaO4. The minimum atomic E-state index is -0.962. The fraction of sp³-hybridized carbons (Fsp3) is 0.714. The van der Waals surface area contributed by atoms with Crippen LogP contribution in [0.1, 0.15) is 26.7 Å². The molecule has 0 aliphatic rings. The molecular weight excluding hydrogens is 188 g/mol. The summed E-state index contributed by atoms with van der Waals surface area (Å²) in [6.45, 7) is 3.24. The van der Waals surface area contributed by atoms with E-state index in [9.17, 15) is 9.59 Å². The Morgan fingerprint density at radius 3 is 1.50 bits per heavy atom. The van der Waals surface area contributed by atoms with Crippen LogP contribution in [0.5, 0.6) is 0 Å². The van der Waals surface area contributed by atoms with Gasteiger partial charge in [0.1, 0.15) is 0 Å². The van der Waals surface area contributed by atoms with Gasteiger partial charge in [0.25, 0.3) is 0 Å². The van der Waals surface area contributed by atoms with Crippen molar-refractivity contribution in [1.82, 2.24) is 0 Å². The molecule has 12 heavy (non-hydrogen) atoms. The third-order valence-corrected chi connectivity index (χ3v) is 1.26. The monoisotopic (exact) mass is 202 g/mol. The van der Waals surface area contributed by atoms with Crippen LogP contribution in [-0.4, -0.2) is 59.9 Å². The van der Waals surface area contributed by atoms with E-state index < -0.39 is 17.4 Å². The standard InChI is InChI=1S/C7H12O4.Ca.2H/c1-7(2,3-5(8)9)4-6(10)11;;;/h3-4H2,1-2H3,(H,8,9)(H,10,11);;;. The summed E-state index contributed by atoms with van der Waals surface area (Å²) in [6, 6.07) is 0. The van der Waals surface area contributed by atoms with Crippen molar-refractivity contribution in [2.45, 2.75) is 26.7 Å². The Labute approximate surface area is 101 Å². The minimum absolute atomic E-state index is 0. The van der Waals surface area contributed by atoms with Gasteiger partial charge in [0, 0.05) is 0 Å². The predicted octanol–water partition coefficient (Wildman–Crippen LogP) is 0.0458. The van der Waals surface area contributed by atoms with Gasteiger partial charge in [-0.1, -0.05) is 13.8 Å². The zero-order valence-electron chi connectivity index (χ0n) is 6.63. The normalized spacial score (nSPS) is 10.2. The molecule has 4 nitrogen and oxygen atoms in total. The molecule has 0 spiro atoms. The van der Waals surface area contributed by atoms with E-state index in [-0.39, 0.29) is 50.6 Å². The van der Waals surface area contributed by atoms with E-state index in [4.69, 9.17) is 10.2 Å². The van der Waals surface area contributed by atoms with Crippen LogP contribution < -0.4 is 0 Å².